The highest BCUT2D eigenvalue weighted by molar-refractivity contribution is 7.91. The lowest BCUT2D eigenvalue weighted by atomic mass is 9.95. The van der Waals surface area contributed by atoms with E-state index in [1.165, 1.54) is 6.07 Å². The highest BCUT2D eigenvalue weighted by Gasteiger charge is 2.21. The summed E-state index contributed by atoms with van der Waals surface area (Å²) in [5.41, 5.74) is 0.520. The molecule has 0 aliphatic rings. The summed E-state index contributed by atoms with van der Waals surface area (Å²) < 4.78 is 26.6. The molecule has 0 spiro atoms. The number of carbonyl (C=O) groups excluding carboxylic acids is 2. The van der Waals surface area contributed by atoms with Crippen molar-refractivity contribution in [1.29, 1.82) is 0 Å². The minimum absolute atomic E-state index is 0.0890. The Morgan fingerprint density at radius 1 is 1.04 bits per heavy atom. The maximum atomic E-state index is 12.1. The standard InChI is InChI=1S/C18H23N3O4S2/c1-18(2,3)17(23)21-14-8-6-13(7-9-14)16(22)19-10-11-20-27(24,25)15-5-4-12-26-15/h4-9,12,20H,10-11H2,1-3H3,(H,19,22)(H,21,23). The van der Waals surface area contributed by atoms with Crippen LogP contribution in [0.4, 0.5) is 5.69 Å². The Bertz CT molecular complexity index is 884. The molecular weight excluding hydrogens is 386 g/mol. The van der Waals surface area contributed by atoms with Crippen LogP contribution in [0.2, 0.25) is 0 Å². The predicted molar refractivity (Wildman–Crippen MR) is 106 cm³/mol. The van der Waals surface area contributed by atoms with Crippen molar-refractivity contribution in [1.82, 2.24) is 10.0 Å². The zero-order valence-electron chi connectivity index (χ0n) is 15.4. The molecule has 0 atom stereocenters. The Balaban J connectivity index is 1.82. The maximum absolute atomic E-state index is 12.1. The molecule has 0 aliphatic carbocycles. The quantitative estimate of drug-likeness (QED) is 0.611. The van der Waals surface area contributed by atoms with Gasteiger partial charge < -0.3 is 10.6 Å². The van der Waals surface area contributed by atoms with Crippen molar-refractivity contribution < 1.29 is 18.0 Å². The molecule has 9 heteroatoms. The third-order valence-corrected chi connectivity index (χ3v) is 6.41. The molecular formula is C18H23N3O4S2. The number of sulfonamides is 1. The number of thiophene rings is 1. The summed E-state index contributed by atoms with van der Waals surface area (Å²) in [6.07, 6.45) is 0. The number of benzene rings is 1. The fraction of sp³-hybridized carbons (Fsp3) is 0.333. The summed E-state index contributed by atoms with van der Waals surface area (Å²) in [4.78, 5) is 24.1. The van der Waals surface area contributed by atoms with E-state index in [1.54, 1.807) is 35.7 Å². The number of carbonyl (C=O) groups is 2. The Morgan fingerprint density at radius 3 is 2.26 bits per heavy atom. The average Bonchev–Trinajstić information content (AvgIpc) is 3.14. The molecule has 0 radical (unpaired) electrons. The average molecular weight is 410 g/mol. The first-order valence-corrected chi connectivity index (χ1v) is 10.7. The van der Waals surface area contributed by atoms with Crippen molar-refractivity contribution >= 4 is 38.9 Å². The van der Waals surface area contributed by atoms with Gasteiger partial charge in [0.2, 0.25) is 15.9 Å². The first-order valence-electron chi connectivity index (χ1n) is 8.32. The fourth-order valence-corrected chi connectivity index (χ4v) is 4.04. The van der Waals surface area contributed by atoms with Crippen molar-refractivity contribution in [2.45, 2.75) is 25.0 Å². The molecule has 3 N–H and O–H groups in total. The highest BCUT2D eigenvalue weighted by atomic mass is 32.2. The van der Waals surface area contributed by atoms with Crippen molar-refractivity contribution in [2.24, 2.45) is 5.41 Å². The molecule has 2 rings (SSSR count). The first kappa shape index (κ1) is 21.1. The summed E-state index contributed by atoms with van der Waals surface area (Å²) in [6, 6.07) is 9.68. The van der Waals surface area contributed by atoms with Gasteiger partial charge in [-0.3, -0.25) is 9.59 Å². The van der Waals surface area contributed by atoms with Gasteiger partial charge in [0.05, 0.1) is 0 Å². The molecule has 0 saturated carbocycles. The first-order chi connectivity index (χ1) is 12.6. The summed E-state index contributed by atoms with van der Waals surface area (Å²) >= 11 is 1.13. The largest absolute Gasteiger partial charge is 0.351 e. The lowest BCUT2D eigenvalue weighted by molar-refractivity contribution is -0.123. The molecule has 2 aromatic rings. The van der Waals surface area contributed by atoms with Crippen LogP contribution in [-0.4, -0.2) is 33.3 Å². The molecule has 1 aromatic heterocycles. The molecule has 0 fully saturated rings. The van der Waals surface area contributed by atoms with Gasteiger partial charge in [-0.1, -0.05) is 26.8 Å². The van der Waals surface area contributed by atoms with Crippen molar-refractivity contribution in [3.8, 4) is 0 Å². The van der Waals surface area contributed by atoms with Gasteiger partial charge in [-0.2, -0.15) is 0 Å². The van der Waals surface area contributed by atoms with E-state index < -0.39 is 15.4 Å². The fourth-order valence-electron chi connectivity index (χ4n) is 1.97. The number of rotatable bonds is 7. The van der Waals surface area contributed by atoms with Crippen LogP contribution >= 0.6 is 11.3 Å². The molecule has 146 valence electrons. The van der Waals surface area contributed by atoms with E-state index in [9.17, 15) is 18.0 Å². The van der Waals surface area contributed by atoms with Gasteiger partial charge >= 0.3 is 0 Å². The van der Waals surface area contributed by atoms with Gasteiger partial charge in [-0.15, -0.1) is 11.3 Å². The van der Waals surface area contributed by atoms with E-state index in [2.05, 4.69) is 15.4 Å². The van der Waals surface area contributed by atoms with Crippen LogP contribution in [0.1, 0.15) is 31.1 Å². The van der Waals surface area contributed by atoms with Crippen LogP contribution < -0.4 is 15.4 Å². The smallest absolute Gasteiger partial charge is 0.251 e. The Labute approximate surface area is 163 Å². The lowest BCUT2D eigenvalue weighted by Crippen LogP contribution is -2.34. The van der Waals surface area contributed by atoms with E-state index in [0.717, 1.165) is 11.3 Å². The number of amides is 2. The molecule has 0 bridgehead atoms. The van der Waals surface area contributed by atoms with Crippen LogP contribution in [0.3, 0.4) is 0 Å². The van der Waals surface area contributed by atoms with Gasteiger partial charge in [-0.05, 0) is 35.7 Å². The molecule has 7 nitrogen and oxygen atoms in total. The second-order valence-corrected chi connectivity index (χ2v) is 9.81. The van der Waals surface area contributed by atoms with Crippen LogP contribution in [0, 0.1) is 5.41 Å². The number of hydrogen-bond acceptors (Lipinski definition) is 5. The summed E-state index contributed by atoms with van der Waals surface area (Å²) in [5, 5.41) is 7.12. The third kappa shape index (κ3) is 6.16. The zero-order chi connectivity index (χ0) is 20.1. The number of anilines is 1. The Hall–Kier alpha value is -2.23. The molecule has 27 heavy (non-hydrogen) atoms. The van der Waals surface area contributed by atoms with E-state index in [0.29, 0.717) is 11.3 Å². The maximum Gasteiger partial charge on any atom is 0.251 e. The van der Waals surface area contributed by atoms with Gasteiger partial charge in [0, 0.05) is 29.8 Å². The SMILES string of the molecule is CC(C)(C)C(=O)Nc1ccc(C(=O)NCCNS(=O)(=O)c2cccs2)cc1. The van der Waals surface area contributed by atoms with Gasteiger partial charge in [0.25, 0.3) is 5.91 Å². The molecule has 0 unspecified atom stereocenters. The number of hydrogen-bond donors (Lipinski definition) is 3. The summed E-state index contributed by atoms with van der Waals surface area (Å²) in [5.74, 6) is -0.434. The topological polar surface area (TPSA) is 104 Å². The predicted octanol–water partition coefficient (Wildman–Crippen LogP) is 2.44. The summed E-state index contributed by atoms with van der Waals surface area (Å²) in [7, 11) is -3.53. The monoisotopic (exact) mass is 409 g/mol. The van der Waals surface area contributed by atoms with Crippen molar-refractivity contribution in [2.75, 3.05) is 18.4 Å². The van der Waals surface area contributed by atoms with E-state index in [-0.39, 0.29) is 29.1 Å². The van der Waals surface area contributed by atoms with Crippen LogP contribution in [0.25, 0.3) is 0 Å². The zero-order valence-corrected chi connectivity index (χ0v) is 17.0. The Morgan fingerprint density at radius 2 is 1.70 bits per heavy atom. The van der Waals surface area contributed by atoms with Gasteiger partial charge in [-0.25, -0.2) is 13.1 Å². The normalized spacial score (nSPS) is 11.8. The third-order valence-electron chi connectivity index (χ3n) is 3.55. The van der Waals surface area contributed by atoms with Gasteiger partial charge in [0.1, 0.15) is 4.21 Å². The van der Waals surface area contributed by atoms with Crippen molar-refractivity contribution in [3.63, 3.8) is 0 Å². The Kier molecular flexibility index (Phi) is 6.74. The van der Waals surface area contributed by atoms with E-state index >= 15 is 0 Å². The molecule has 1 aromatic carbocycles. The second-order valence-electron chi connectivity index (χ2n) is 6.87. The molecule has 0 saturated heterocycles. The highest BCUT2D eigenvalue weighted by Crippen LogP contribution is 2.18. The summed E-state index contributed by atoms with van der Waals surface area (Å²) in [6.45, 7) is 5.70. The minimum Gasteiger partial charge on any atom is -0.351 e. The number of nitrogens with one attached hydrogen (secondary N) is 3. The molecule has 2 amide bonds. The lowest BCUT2D eigenvalue weighted by Gasteiger charge is -2.17. The van der Waals surface area contributed by atoms with Crippen molar-refractivity contribution in [3.05, 3.63) is 47.3 Å². The van der Waals surface area contributed by atoms with Crippen LogP contribution in [0.5, 0.6) is 0 Å². The van der Waals surface area contributed by atoms with Crippen LogP contribution in [0.15, 0.2) is 46.0 Å². The van der Waals surface area contributed by atoms with E-state index in [4.69, 9.17) is 0 Å². The van der Waals surface area contributed by atoms with Gasteiger partial charge in [0.15, 0.2) is 0 Å². The van der Waals surface area contributed by atoms with E-state index in [1.807, 2.05) is 20.8 Å². The molecule has 1 heterocycles. The second kappa shape index (κ2) is 8.64. The van der Waals surface area contributed by atoms with Crippen LogP contribution in [-0.2, 0) is 14.8 Å². The molecule has 0 aliphatic heterocycles. The minimum atomic E-state index is -3.53.